The highest BCUT2D eigenvalue weighted by molar-refractivity contribution is 6.32. The molecule has 2 saturated heterocycles. The molecule has 27 heavy (non-hydrogen) atoms. The standard InChI is InChI=1S/C18H23ClN6O.ClH/c1-13-17(21-22-25(13)16-5-3-2-4-15(16)19)18(26)24-9-6-14(12-24)23-10-7-20-8-11-23;/h2-5,14,20H,6-12H2,1H3;1H. The zero-order chi connectivity index (χ0) is 18.1. The lowest BCUT2D eigenvalue weighted by atomic mass is 10.2. The number of para-hydroxylation sites is 1. The number of benzene rings is 1. The maximum Gasteiger partial charge on any atom is 0.276 e. The van der Waals surface area contributed by atoms with Crippen molar-refractivity contribution >= 4 is 29.9 Å². The number of carbonyl (C=O) groups is 1. The van der Waals surface area contributed by atoms with Gasteiger partial charge in [-0.05, 0) is 25.5 Å². The van der Waals surface area contributed by atoms with Gasteiger partial charge < -0.3 is 10.2 Å². The van der Waals surface area contributed by atoms with E-state index in [1.807, 2.05) is 30.0 Å². The first-order valence-electron chi connectivity index (χ1n) is 9.06. The highest BCUT2D eigenvalue weighted by Gasteiger charge is 2.33. The number of rotatable bonds is 3. The number of halogens is 2. The van der Waals surface area contributed by atoms with E-state index in [2.05, 4.69) is 20.5 Å². The molecule has 0 bridgehead atoms. The summed E-state index contributed by atoms with van der Waals surface area (Å²) in [7, 11) is 0. The largest absolute Gasteiger partial charge is 0.336 e. The molecule has 2 fully saturated rings. The number of hydrogen-bond donors (Lipinski definition) is 1. The van der Waals surface area contributed by atoms with E-state index in [4.69, 9.17) is 11.6 Å². The van der Waals surface area contributed by atoms with E-state index in [9.17, 15) is 4.79 Å². The van der Waals surface area contributed by atoms with Crippen LogP contribution >= 0.6 is 24.0 Å². The Balaban J connectivity index is 0.00000210. The van der Waals surface area contributed by atoms with Crippen molar-refractivity contribution in [3.05, 3.63) is 40.7 Å². The van der Waals surface area contributed by atoms with Crippen LogP contribution in [0.3, 0.4) is 0 Å². The highest BCUT2D eigenvalue weighted by Crippen LogP contribution is 2.23. The van der Waals surface area contributed by atoms with Crippen LogP contribution in [0.1, 0.15) is 22.6 Å². The van der Waals surface area contributed by atoms with Gasteiger partial charge in [0.05, 0.1) is 16.4 Å². The quantitative estimate of drug-likeness (QED) is 0.834. The van der Waals surface area contributed by atoms with E-state index in [-0.39, 0.29) is 18.3 Å². The molecular weight excluding hydrogens is 387 g/mol. The van der Waals surface area contributed by atoms with E-state index < -0.39 is 0 Å². The molecule has 1 atom stereocenters. The minimum atomic E-state index is -0.0431. The maximum absolute atomic E-state index is 13.0. The van der Waals surface area contributed by atoms with Crippen molar-refractivity contribution in [3.63, 3.8) is 0 Å². The van der Waals surface area contributed by atoms with E-state index >= 15 is 0 Å². The molecule has 0 spiro atoms. The molecule has 1 aromatic carbocycles. The molecule has 1 unspecified atom stereocenters. The molecule has 0 aliphatic carbocycles. The Hall–Kier alpha value is -1.67. The number of piperazine rings is 1. The average Bonchev–Trinajstić information content (AvgIpc) is 3.30. The summed E-state index contributed by atoms with van der Waals surface area (Å²) in [6.45, 7) is 7.54. The first-order valence-corrected chi connectivity index (χ1v) is 9.44. The SMILES string of the molecule is Cc1c(C(=O)N2CCC(N3CCNCC3)C2)nnn1-c1ccccc1Cl.Cl. The van der Waals surface area contributed by atoms with E-state index in [0.29, 0.717) is 22.5 Å². The van der Waals surface area contributed by atoms with E-state index in [1.54, 1.807) is 10.7 Å². The van der Waals surface area contributed by atoms with Crippen LogP contribution < -0.4 is 5.32 Å². The Bertz CT molecular complexity index is 805. The number of carbonyl (C=O) groups excluding carboxylic acids is 1. The molecule has 3 heterocycles. The van der Waals surface area contributed by atoms with Gasteiger partial charge in [0.2, 0.25) is 0 Å². The van der Waals surface area contributed by atoms with Gasteiger partial charge in [0, 0.05) is 45.3 Å². The van der Waals surface area contributed by atoms with Crippen molar-refractivity contribution in [2.24, 2.45) is 0 Å². The molecule has 1 aromatic heterocycles. The summed E-state index contributed by atoms with van der Waals surface area (Å²) >= 11 is 6.26. The normalized spacial score (nSPS) is 20.5. The molecule has 1 amide bonds. The number of nitrogens with zero attached hydrogens (tertiary/aromatic N) is 5. The fourth-order valence-corrected chi connectivity index (χ4v) is 4.02. The van der Waals surface area contributed by atoms with Gasteiger partial charge >= 0.3 is 0 Å². The van der Waals surface area contributed by atoms with Gasteiger partial charge in [-0.2, -0.15) is 0 Å². The molecule has 9 heteroatoms. The van der Waals surface area contributed by atoms with Gasteiger partial charge in [-0.15, -0.1) is 17.5 Å². The van der Waals surface area contributed by atoms with Crippen LogP contribution in [0.15, 0.2) is 24.3 Å². The zero-order valence-corrected chi connectivity index (χ0v) is 16.8. The third-order valence-electron chi connectivity index (χ3n) is 5.30. The first kappa shape index (κ1) is 20.1. The Morgan fingerprint density at radius 2 is 1.96 bits per heavy atom. The molecule has 2 aliphatic rings. The third-order valence-corrected chi connectivity index (χ3v) is 5.62. The molecule has 146 valence electrons. The lowest BCUT2D eigenvalue weighted by Gasteiger charge is -2.32. The predicted molar refractivity (Wildman–Crippen MR) is 107 cm³/mol. The van der Waals surface area contributed by atoms with Crippen LogP contribution in [0.4, 0.5) is 0 Å². The van der Waals surface area contributed by atoms with Gasteiger partial charge in [-0.1, -0.05) is 28.9 Å². The number of amides is 1. The molecule has 2 aromatic rings. The number of nitrogens with one attached hydrogen (secondary N) is 1. The summed E-state index contributed by atoms with van der Waals surface area (Å²) in [5.41, 5.74) is 1.86. The fraction of sp³-hybridized carbons (Fsp3) is 0.500. The lowest BCUT2D eigenvalue weighted by molar-refractivity contribution is 0.0767. The molecule has 0 saturated carbocycles. The topological polar surface area (TPSA) is 66.3 Å². The lowest BCUT2D eigenvalue weighted by Crippen LogP contribution is -2.49. The van der Waals surface area contributed by atoms with Crippen molar-refractivity contribution in [3.8, 4) is 5.69 Å². The van der Waals surface area contributed by atoms with Crippen LogP contribution in [-0.4, -0.2) is 76.0 Å². The van der Waals surface area contributed by atoms with Gasteiger partial charge in [-0.3, -0.25) is 9.69 Å². The first-order chi connectivity index (χ1) is 12.6. The van der Waals surface area contributed by atoms with Crippen molar-refractivity contribution < 1.29 is 4.79 Å². The zero-order valence-electron chi connectivity index (χ0n) is 15.3. The summed E-state index contributed by atoms with van der Waals surface area (Å²) in [6.07, 6.45) is 1.02. The second-order valence-electron chi connectivity index (χ2n) is 6.87. The van der Waals surface area contributed by atoms with Crippen molar-refractivity contribution in [2.75, 3.05) is 39.3 Å². The molecule has 7 nitrogen and oxygen atoms in total. The molecular formula is C18H24Cl2N6O. The van der Waals surface area contributed by atoms with Crippen LogP contribution in [0.5, 0.6) is 0 Å². The fourth-order valence-electron chi connectivity index (χ4n) is 3.80. The van der Waals surface area contributed by atoms with Gasteiger partial charge in [0.1, 0.15) is 0 Å². The molecule has 4 rings (SSSR count). The van der Waals surface area contributed by atoms with Crippen LogP contribution in [0.25, 0.3) is 5.69 Å². The maximum atomic E-state index is 13.0. The molecule has 0 radical (unpaired) electrons. The second-order valence-corrected chi connectivity index (χ2v) is 7.27. The Morgan fingerprint density at radius 3 is 2.70 bits per heavy atom. The molecule has 2 aliphatic heterocycles. The minimum Gasteiger partial charge on any atom is -0.336 e. The molecule has 1 N–H and O–H groups in total. The summed E-state index contributed by atoms with van der Waals surface area (Å²) in [5, 5.41) is 12.3. The predicted octanol–water partition coefficient (Wildman–Crippen LogP) is 1.77. The van der Waals surface area contributed by atoms with E-state index in [0.717, 1.165) is 51.4 Å². The monoisotopic (exact) mass is 410 g/mol. The Kier molecular flexibility index (Phi) is 6.37. The van der Waals surface area contributed by atoms with Crippen molar-refractivity contribution in [1.82, 2.24) is 30.1 Å². The highest BCUT2D eigenvalue weighted by atomic mass is 35.5. The van der Waals surface area contributed by atoms with Crippen LogP contribution in [0.2, 0.25) is 5.02 Å². The number of aromatic nitrogens is 3. The Morgan fingerprint density at radius 1 is 1.22 bits per heavy atom. The summed E-state index contributed by atoms with van der Waals surface area (Å²) in [6, 6.07) is 7.87. The van der Waals surface area contributed by atoms with Crippen LogP contribution in [-0.2, 0) is 0 Å². The van der Waals surface area contributed by atoms with Gasteiger partial charge in [0.25, 0.3) is 5.91 Å². The van der Waals surface area contributed by atoms with Crippen LogP contribution in [0, 0.1) is 6.92 Å². The third kappa shape index (κ3) is 3.96. The van der Waals surface area contributed by atoms with E-state index in [1.165, 1.54) is 0 Å². The van der Waals surface area contributed by atoms with Crippen molar-refractivity contribution in [1.29, 1.82) is 0 Å². The average molecular weight is 411 g/mol. The Labute approximate surface area is 170 Å². The summed E-state index contributed by atoms with van der Waals surface area (Å²) in [5.74, 6) is -0.0431. The second kappa shape index (κ2) is 8.56. The smallest absolute Gasteiger partial charge is 0.276 e. The van der Waals surface area contributed by atoms with Crippen molar-refractivity contribution in [2.45, 2.75) is 19.4 Å². The summed E-state index contributed by atoms with van der Waals surface area (Å²) < 4.78 is 1.64. The summed E-state index contributed by atoms with van der Waals surface area (Å²) in [4.78, 5) is 17.4. The number of likely N-dealkylation sites (tertiary alicyclic amines) is 1. The number of hydrogen-bond acceptors (Lipinski definition) is 5. The van der Waals surface area contributed by atoms with Gasteiger partial charge in [0.15, 0.2) is 5.69 Å². The van der Waals surface area contributed by atoms with Gasteiger partial charge in [-0.25, -0.2) is 4.68 Å². The minimum absolute atomic E-state index is 0.